The van der Waals surface area contributed by atoms with Crippen LogP contribution in [0.1, 0.15) is 19.3 Å². The summed E-state index contributed by atoms with van der Waals surface area (Å²) in [4.78, 5) is 19.2. The Hall–Kier alpha value is -1.20. The Labute approximate surface area is 98.6 Å². The summed E-state index contributed by atoms with van der Waals surface area (Å²) in [5.41, 5.74) is 0. The van der Waals surface area contributed by atoms with Crippen LogP contribution >= 0.6 is 11.6 Å². The van der Waals surface area contributed by atoms with Crippen LogP contribution in [0.3, 0.4) is 0 Å². The zero-order valence-corrected chi connectivity index (χ0v) is 9.50. The summed E-state index contributed by atoms with van der Waals surface area (Å²) >= 11 is 5.67. The smallest absolute Gasteiger partial charge is 0.230 e. The predicted octanol–water partition coefficient (Wildman–Crippen LogP) is 1.21. The van der Waals surface area contributed by atoms with E-state index in [2.05, 4.69) is 20.6 Å². The van der Waals surface area contributed by atoms with Gasteiger partial charge < -0.3 is 5.32 Å². The lowest BCUT2D eigenvalue weighted by Crippen LogP contribution is -2.23. The Morgan fingerprint density at radius 1 is 1.56 bits per heavy atom. The van der Waals surface area contributed by atoms with Gasteiger partial charge in [-0.1, -0.05) is 11.6 Å². The molecule has 1 aromatic rings. The molecule has 1 fully saturated rings. The monoisotopic (exact) mass is 240 g/mol. The van der Waals surface area contributed by atoms with Gasteiger partial charge in [0.15, 0.2) is 0 Å². The maximum atomic E-state index is 11.5. The zero-order chi connectivity index (χ0) is 11.4. The topological polar surface area (TPSA) is 66.9 Å². The van der Waals surface area contributed by atoms with Crippen LogP contribution in [0.2, 0.25) is 5.15 Å². The molecule has 1 aromatic heterocycles. The van der Waals surface area contributed by atoms with Crippen molar-refractivity contribution in [2.24, 2.45) is 0 Å². The van der Waals surface area contributed by atoms with Gasteiger partial charge in [0.05, 0.1) is 0 Å². The molecule has 0 atom stereocenters. The molecule has 5 nitrogen and oxygen atoms in total. The number of halogens is 1. The highest BCUT2D eigenvalue weighted by Gasteiger charge is 2.20. The first-order chi connectivity index (χ1) is 7.74. The van der Waals surface area contributed by atoms with E-state index in [0.717, 1.165) is 0 Å². The zero-order valence-electron chi connectivity index (χ0n) is 8.74. The summed E-state index contributed by atoms with van der Waals surface area (Å²) in [5.74, 6) is 0.152. The SMILES string of the molecule is O=C(CCNC1CC1)Nc1nccc(Cl)n1. The molecule has 1 heterocycles. The van der Waals surface area contributed by atoms with Crippen molar-refractivity contribution in [3.63, 3.8) is 0 Å². The Balaban J connectivity index is 1.73. The molecular weight excluding hydrogens is 228 g/mol. The molecule has 0 bridgehead atoms. The highest BCUT2D eigenvalue weighted by Crippen LogP contribution is 2.18. The van der Waals surface area contributed by atoms with Crippen LogP contribution in [-0.4, -0.2) is 28.5 Å². The number of aromatic nitrogens is 2. The molecule has 0 saturated heterocycles. The molecule has 0 spiro atoms. The molecule has 1 aliphatic carbocycles. The fourth-order valence-electron chi connectivity index (χ4n) is 1.26. The van der Waals surface area contributed by atoms with E-state index < -0.39 is 0 Å². The lowest BCUT2D eigenvalue weighted by atomic mass is 10.4. The van der Waals surface area contributed by atoms with E-state index >= 15 is 0 Å². The van der Waals surface area contributed by atoms with E-state index in [1.54, 1.807) is 6.07 Å². The molecule has 0 aromatic carbocycles. The van der Waals surface area contributed by atoms with Gasteiger partial charge in [0.2, 0.25) is 11.9 Å². The van der Waals surface area contributed by atoms with E-state index in [-0.39, 0.29) is 11.9 Å². The average Bonchev–Trinajstić information content (AvgIpc) is 3.01. The van der Waals surface area contributed by atoms with Crippen LogP contribution in [-0.2, 0) is 4.79 Å². The summed E-state index contributed by atoms with van der Waals surface area (Å²) in [6.07, 6.45) is 4.37. The molecular formula is C10H13ClN4O. The third-order valence-corrected chi connectivity index (χ3v) is 2.45. The van der Waals surface area contributed by atoms with Crippen molar-refractivity contribution < 1.29 is 4.79 Å². The molecule has 6 heteroatoms. The Bertz CT molecular complexity index is 381. The van der Waals surface area contributed by atoms with Gasteiger partial charge in [-0.2, -0.15) is 0 Å². The number of rotatable bonds is 5. The summed E-state index contributed by atoms with van der Waals surface area (Å²) in [5, 5.41) is 6.17. The number of carbonyl (C=O) groups is 1. The minimum absolute atomic E-state index is 0.101. The van der Waals surface area contributed by atoms with Crippen molar-refractivity contribution in [1.29, 1.82) is 0 Å². The number of hydrogen-bond acceptors (Lipinski definition) is 4. The lowest BCUT2D eigenvalue weighted by molar-refractivity contribution is -0.116. The van der Waals surface area contributed by atoms with Crippen LogP contribution in [0.25, 0.3) is 0 Å². The average molecular weight is 241 g/mol. The van der Waals surface area contributed by atoms with E-state index in [4.69, 9.17) is 11.6 Å². The highest BCUT2D eigenvalue weighted by molar-refractivity contribution is 6.29. The van der Waals surface area contributed by atoms with Crippen molar-refractivity contribution in [2.45, 2.75) is 25.3 Å². The van der Waals surface area contributed by atoms with Crippen molar-refractivity contribution >= 4 is 23.5 Å². The van der Waals surface area contributed by atoms with Gasteiger partial charge >= 0.3 is 0 Å². The minimum atomic E-state index is -0.101. The number of nitrogens with zero attached hydrogens (tertiary/aromatic N) is 2. The second kappa shape index (κ2) is 5.23. The first kappa shape index (κ1) is 11.3. The van der Waals surface area contributed by atoms with E-state index in [1.807, 2.05) is 0 Å². The summed E-state index contributed by atoms with van der Waals surface area (Å²) in [6.45, 7) is 0.692. The predicted molar refractivity (Wildman–Crippen MR) is 61.3 cm³/mol. The molecule has 0 radical (unpaired) electrons. The van der Waals surface area contributed by atoms with Crippen LogP contribution in [0.4, 0.5) is 5.95 Å². The largest absolute Gasteiger partial charge is 0.313 e. The highest BCUT2D eigenvalue weighted by atomic mass is 35.5. The molecule has 1 aliphatic rings. The van der Waals surface area contributed by atoms with Gasteiger partial charge in [-0.05, 0) is 18.9 Å². The molecule has 2 rings (SSSR count). The summed E-state index contributed by atoms with van der Waals surface area (Å²) in [6, 6.07) is 2.18. The molecule has 2 N–H and O–H groups in total. The summed E-state index contributed by atoms with van der Waals surface area (Å²) in [7, 11) is 0. The van der Waals surface area contributed by atoms with E-state index in [0.29, 0.717) is 24.2 Å². The van der Waals surface area contributed by atoms with Crippen LogP contribution in [0.15, 0.2) is 12.3 Å². The van der Waals surface area contributed by atoms with Gasteiger partial charge in [0.1, 0.15) is 5.15 Å². The van der Waals surface area contributed by atoms with Crippen molar-refractivity contribution in [3.8, 4) is 0 Å². The van der Waals surface area contributed by atoms with Gasteiger partial charge in [0.25, 0.3) is 0 Å². The standard InChI is InChI=1S/C10H13ClN4O/c11-8-3-5-13-10(14-8)15-9(16)4-6-12-7-1-2-7/h3,5,7,12H,1-2,4,6H2,(H,13,14,15,16). The van der Waals surface area contributed by atoms with Gasteiger partial charge in [0, 0.05) is 25.2 Å². The van der Waals surface area contributed by atoms with E-state index in [9.17, 15) is 4.79 Å². The number of anilines is 1. The molecule has 1 amide bonds. The van der Waals surface area contributed by atoms with Gasteiger partial charge in [-0.3, -0.25) is 10.1 Å². The Morgan fingerprint density at radius 2 is 2.38 bits per heavy atom. The van der Waals surface area contributed by atoms with Crippen molar-refractivity contribution in [3.05, 3.63) is 17.4 Å². The van der Waals surface area contributed by atoms with Crippen molar-refractivity contribution in [1.82, 2.24) is 15.3 Å². The molecule has 1 saturated carbocycles. The molecule has 0 aliphatic heterocycles. The van der Waals surface area contributed by atoms with Gasteiger partial charge in [-0.15, -0.1) is 0 Å². The maximum absolute atomic E-state index is 11.5. The van der Waals surface area contributed by atoms with Crippen LogP contribution in [0, 0.1) is 0 Å². The maximum Gasteiger partial charge on any atom is 0.230 e. The quantitative estimate of drug-likeness (QED) is 0.760. The fraction of sp³-hybridized carbons (Fsp3) is 0.500. The molecule has 0 unspecified atom stereocenters. The van der Waals surface area contributed by atoms with E-state index in [1.165, 1.54) is 19.0 Å². The fourth-order valence-corrected chi connectivity index (χ4v) is 1.40. The molecule has 16 heavy (non-hydrogen) atoms. The Morgan fingerprint density at radius 3 is 3.06 bits per heavy atom. The van der Waals surface area contributed by atoms with Gasteiger partial charge in [-0.25, -0.2) is 9.97 Å². The second-order valence-electron chi connectivity index (χ2n) is 3.73. The number of amides is 1. The van der Waals surface area contributed by atoms with Crippen LogP contribution < -0.4 is 10.6 Å². The van der Waals surface area contributed by atoms with Crippen LogP contribution in [0.5, 0.6) is 0 Å². The second-order valence-corrected chi connectivity index (χ2v) is 4.12. The first-order valence-electron chi connectivity index (χ1n) is 5.26. The number of hydrogen-bond donors (Lipinski definition) is 2. The Kier molecular flexibility index (Phi) is 3.69. The third-order valence-electron chi connectivity index (χ3n) is 2.24. The normalized spacial score (nSPS) is 14.8. The third kappa shape index (κ3) is 3.75. The summed E-state index contributed by atoms with van der Waals surface area (Å²) < 4.78 is 0. The lowest BCUT2D eigenvalue weighted by Gasteiger charge is -2.04. The van der Waals surface area contributed by atoms with Crippen molar-refractivity contribution in [2.75, 3.05) is 11.9 Å². The first-order valence-corrected chi connectivity index (χ1v) is 5.63. The minimum Gasteiger partial charge on any atom is -0.313 e. The number of carbonyl (C=O) groups excluding carboxylic acids is 1. The molecule has 86 valence electrons. The number of nitrogens with one attached hydrogen (secondary N) is 2.